The highest BCUT2D eigenvalue weighted by atomic mass is 32.1. The first-order chi connectivity index (χ1) is 17.5. The van der Waals surface area contributed by atoms with E-state index in [2.05, 4.69) is 21.6 Å². The minimum Gasteiger partial charge on any atom is -0.491 e. The van der Waals surface area contributed by atoms with Crippen LogP contribution in [-0.2, 0) is 16.0 Å². The lowest BCUT2D eigenvalue weighted by molar-refractivity contribution is -0.136. The van der Waals surface area contributed by atoms with E-state index in [4.69, 9.17) is 9.84 Å². The fourth-order valence-corrected chi connectivity index (χ4v) is 4.44. The van der Waals surface area contributed by atoms with Crippen molar-refractivity contribution in [2.24, 2.45) is 0 Å². The Morgan fingerprint density at radius 1 is 0.944 bits per heavy atom. The molecule has 0 saturated carbocycles. The molecule has 1 amide bonds. The number of nitrogens with zero attached hydrogens (tertiary/aromatic N) is 3. The predicted octanol–water partition coefficient (Wildman–Crippen LogP) is 5.18. The van der Waals surface area contributed by atoms with Crippen molar-refractivity contribution < 1.29 is 19.4 Å². The molecule has 0 unspecified atom stereocenters. The first-order valence-electron chi connectivity index (χ1n) is 11.3. The molecule has 2 aromatic heterocycles. The Labute approximate surface area is 210 Å². The number of rotatable bonds is 9. The quantitative estimate of drug-likeness (QED) is 0.290. The third-order valence-electron chi connectivity index (χ3n) is 5.45. The number of nitrogens with one attached hydrogen (secondary N) is 1. The van der Waals surface area contributed by atoms with E-state index in [0.717, 1.165) is 21.5 Å². The zero-order chi connectivity index (χ0) is 24.9. The molecule has 8 nitrogen and oxygen atoms in total. The molecule has 5 rings (SSSR count). The third kappa shape index (κ3) is 5.42. The van der Waals surface area contributed by atoms with Crippen molar-refractivity contribution in [3.8, 4) is 21.9 Å². The smallest absolute Gasteiger partial charge is 0.307 e. The Morgan fingerprint density at radius 2 is 1.69 bits per heavy atom. The van der Waals surface area contributed by atoms with Crippen LogP contribution >= 0.6 is 11.3 Å². The summed E-state index contributed by atoms with van der Waals surface area (Å²) in [7, 11) is 0. The number of aromatic nitrogens is 3. The fraction of sp³-hybridized carbons (Fsp3) is 0.111. The molecular weight excluding hydrogens is 476 g/mol. The Morgan fingerprint density at radius 3 is 2.36 bits per heavy atom. The summed E-state index contributed by atoms with van der Waals surface area (Å²) in [6.45, 7) is 0.162. The number of carboxylic acid groups (broad SMARTS) is 1. The number of thiophene rings is 1. The Bertz CT molecular complexity index is 1480. The van der Waals surface area contributed by atoms with Crippen LogP contribution in [0.3, 0.4) is 0 Å². The number of amides is 1. The number of benzene rings is 3. The Hall–Kier alpha value is -4.50. The second-order valence-corrected chi connectivity index (χ2v) is 9.00. The number of hydrogen-bond donors (Lipinski definition) is 2. The Balaban J connectivity index is 1.29. The van der Waals surface area contributed by atoms with Crippen molar-refractivity contribution in [1.82, 2.24) is 15.0 Å². The average Bonchev–Trinajstić information content (AvgIpc) is 3.55. The van der Waals surface area contributed by atoms with Crippen molar-refractivity contribution >= 4 is 39.9 Å². The van der Waals surface area contributed by atoms with E-state index in [1.165, 1.54) is 0 Å². The van der Waals surface area contributed by atoms with Gasteiger partial charge in [0.05, 0.1) is 19.4 Å². The molecule has 0 fully saturated rings. The standard InChI is InChI=1S/C27H22N4O4S/c32-26(28-20-10-7-18(8-11-20)16-27(33)34)13-14-35-24-12-9-19(25-6-3-15-36-25)17-23(24)31-29-21-4-1-2-5-22(21)30-31/h1-12,15,17H,13-14,16H2,(H,28,32)(H,33,34). The zero-order valence-electron chi connectivity index (χ0n) is 19.1. The molecule has 0 aliphatic heterocycles. The maximum Gasteiger partial charge on any atom is 0.307 e. The maximum absolute atomic E-state index is 12.4. The molecule has 9 heteroatoms. The highest BCUT2D eigenvalue weighted by Crippen LogP contribution is 2.32. The van der Waals surface area contributed by atoms with Crippen LogP contribution in [0.4, 0.5) is 5.69 Å². The second kappa shape index (κ2) is 10.4. The van der Waals surface area contributed by atoms with Gasteiger partial charge in [0.2, 0.25) is 5.91 Å². The molecule has 36 heavy (non-hydrogen) atoms. The van der Waals surface area contributed by atoms with Gasteiger partial charge >= 0.3 is 5.97 Å². The number of carboxylic acids is 1. The summed E-state index contributed by atoms with van der Waals surface area (Å²) in [5.41, 5.74) is 4.53. The number of ether oxygens (including phenoxy) is 1. The minimum atomic E-state index is -0.898. The van der Waals surface area contributed by atoms with Gasteiger partial charge in [-0.05, 0) is 65.0 Å². The highest BCUT2D eigenvalue weighted by Gasteiger charge is 2.14. The maximum atomic E-state index is 12.4. The van der Waals surface area contributed by atoms with Crippen LogP contribution < -0.4 is 10.1 Å². The van der Waals surface area contributed by atoms with Gasteiger partial charge in [-0.2, -0.15) is 0 Å². The minimum absolute atomic E-state index is 0.0592. The van der Waals surface area contributed by atoms with E-state index >= 15 is 0 Å². The molecule has 0 spiro atoms. The van der Waals surface area contributed by atoms with Gasteiger partial charge in [0.25, 0.3) is 0 Å². The molecule has 0 bridgehead atoms. The zero-order valence-corrected chi connectivity index (χ0v) is 19.9. The molecule has 0 aliphatic rings. The summed E-state index contributed by atoms with van der Waals surface area (Å²) in [5.74, 6) is -0.535. The molecular formula is C27H22N4O4S. The average molecular weight is 499 g/mol. The molecule has 0 aliphatic carbocycles. The predicted molar refractivity (Wildman–Crippen MR) is 139 cm³/mol. The summed E-state index contributed by atoms with van der Waals surface area (Å²) in [6.07, 6.45) is 0.0772. The van der Waals surface area contributed by atoms with E-state index in [-0.39, 0.29) is 25.4 Å². The fourth-order valence-electron chi connectivity index (χ4n) is 3.72. The molecule has 5 aromatic rings. The van der Waals surface area contributed by atoms with Gasteiger partial charge < -0.3 is 15.2 Å². The highest BCUT2D eigenvalue weighted by molar-refractivity contribution is 7.13. The Kier molecular flexibility index (Phi) is 6.72. The van der Waals surface area contributed by atoms with Gasteiger partial charge in [0.15, 0.2) is 0 Å². The van der Waals surface area contributed by atoms with Crippen molar-refractivity contribution in [3.63, 3.8) is 0 Å². The first-order valence-corrected chi connectivity index (χ1v) is 12.2. The van der Waals surface area contributed by atoms with Gasteiger partial charge in [-0.1, -0.05) is 30.3 Å². The van der Waals surface area contributed by atoms with Crippen LogP contribution in [0.25, 0.3) is 27.2 Å². The number of carbonyl (C=O) groups is 2. The molecule has 180 valence electrons. The SMILES string of the molecule is O=C(O)Cc1ccc(NC(=O)CCOc2ccc(-c3cccs3)cc2-n2nc3ccccc3n2)cc1. The van der Waals surface area contributed by atoms with Crippen molar-refractivity contribution in [3.05, 3.63) is 89.8 Å². The van der Waals surface area contributed by atoms with Crippen LogP contribution in [-0.4, -0.2) is 38.6 Å². The van der Waals surface area contributed by atoms with Gasteiger partial charge in [0, 0.05) is 10.6 Å². The molecule has 0 atom stereocenters. The summed E-state index contributed by atoms with van der Waals surface area (Å²) in [5, 5.41) is 22.9. The van der Waals surface area contributed by atoms with Gasteiger partial charge in [-0.15, -0.1) is 26.3 Å². The molecule has 0 radical (unpaired) electrons. The van der Waals surface area contributed by atoms with Crippen LogP contribution in [0.1, 0.15) is 12.0 Å². The van der Waals surface area contributed by atoms with Gasteiger partial charge in [-0.25, -0.2) is 0 Å². The summed E-state index contributed by atoms with van der Waals surface area (Å²) >= 11 is 1.64. The lowest BCUT2D eigenvalue weighted by Gasteiger charge is -2.12. The van der Waals surface area contributed by atoms with Crippen molar-refractivity contribution in [1.29, 1.82) is 0 Å². The third-order valence-corrected chi connectivity index (χ3v) is 6.37. The largest absolute Gasteiger partial charge is 0.491 e. The van der Waals surface area contributed by atoms with Crippen LogP contribution in [0.15, 0.2) is 84.2 Å². The number of hydrogen-bond acceptors (Lipinski definition) is 6. The van der Waals surface area contributed by atoms with E-state index in [1.54, 1.807) is 40.4 Å². The molecule has 0 saturated heterocycles. The normalized spacial score (nSPS) is 10.9. The lowest BCUT2D eigenvalue weighted by Crippen LogP contribution is -2.16. The first kappa shape index (κ1) is 23.3. The van der Waals surface area contributed by atoms with Crippen LogP contribution in [0.2, 0.25) is 0 Å². The number of aliphatic carboxylic acids is 1. The van der Waals surface area contributed by atoms with E-state index in [1.807, 2.05) is 53.9 Å². The monoisotopic (exact) mass is 498 g/mol. The summed E-state index contributed by atoms with van der Waals surface area (Å²) in [6, 6.07) is 24.3. The van der Waals surface area contributed by atoms with Crippen LogP contribution in [0, 0.1) is 0 Å². The van der Waals surface area contributed by atoms with Crippen molar-refractivity contribution in [2.45, 2.75) is 12.8 Å². The molecule has 2 N–H and O–H groups in total. The van der Waals surface area contributed by atoms with E-state index < -0.39 is 5.97 Å². The van der Waals surface area contributed by atoms with E-state index in [0.29, 0.717) is 22.7 Å². The van der Waals surface area contributed by atoms with Gasteiger partial charge in [0.1, 0.15) is 22.5 Å². The summed E-state index contributed by atoms with van der Waals surface area (Å²) in [4.78, 5) is 25.9. The molecule has 3 aromatic carbocycles. The summed E-state index contributed by atoms with van der Waals surface area (Å²) < 4.78 is 6.01. The number of carbonyl (C=O) groups excluding carboxylic acids is 1. The van der Waals surface area contributed by atoms with Crippen LogP contribution in [0.5, 0.6) is 5.75 Å². The topological polar surface area (TPSA) is 106 Å². The van der Waals surface area contributed by atoms with Gasteiger partial charge in [-0.3, -0.25) is 9.59 Å². The second-order valence-electron chi connectivity index (χ2n) is 8.05. The lowest BCUT2D eigenvalue weighted by atomic mass is 10.1. The van der Waals surface area contributed by atoms with Crippen molar-refractivity contribution in [2.75, 3.05) is 11.9 Å². The number of anilines is 1. The number of fused-ring (bicyclic) bond motifs is 1. The van der Waals surface area contributed by atoms with E-state index in [9.17, 15) is 9.59 Å². The molecule has 2 heterocycles.